The van der Waals surface area contributed by atoms with Crippen molar-refractivity contribution < 1.29 is 4.79 Å². The maximum atomic E-state index is 12.3. The minimum Gasteiger partial charge on any atom is -0.389 e. The molecule has 0 aliphatic heterocycles. The Kier molecular flexibility index (Phi) is 4.14. The van der Waals surface area contributed by atoms with Crippen LogP contribution in [0.2, 0.25) is 0 Å². The van der Waals surface area contributed by atoms with Crippen LogP contribution in [0.15, 0.2) is 30.3 Å². The first-order valence-electron chi connectivity index (χ1n) is 6.27. The van der Waals surface area contributed by atoms with E-state index in [1.54, 1.807) is 22.9 Å². The molecule has 0 saturated carbocycles. The van der Waals surface area contributed by atoms with E-state index in [1.807, 2.05) is 26.0 Å². The molecular formula is C14H16N4OS. The Bertz CT molecular complexity index is 663. The Morgan fingerprint density at radius 1 is 1.45 bits per heavy atom. The summed E-state index contributed by atoms with van der Waals surface area (Å²) in [5.41, 5.74) is 8.22. The van der Waals surface area contributed by atoms with Crippen LogP contribution in [-0.2, 0) is 6.54 Å². The summed E-state index contributed by atoms with van der Waals surface area (Å²) >= 11 is 4.98. The molecule has 0 bridgehead atoms. The molecule has 104 valence electrons. The van der Waals surface area contributed by atoms with Gasteiger partial charge in [-0.25, -0.2) is 0 Å². The number of hydrogen-bond acceptors (Lipinski definition) is 3. The molecule has 2 aromatic rings. The van der Waals surface area contributed by atoms with Crippen LogP contribution in [0.1, 0.15) is 28.7 Å². The van der Waals surface area contributed by atoms with E-state index in [4.69, 9.17) is 18.0 Å². The van der Waals surface area contributed by atoms with Gasteiger partial charge >= 0.3 is 0 Å². The fourth-order valence-electron chi connectivity index (χ4n) is 1.96. The van der Waals surface area contributed by atoms with E-state index in [0.29, 0.717) is 23.5 Å². The number of thiocarbonyl (C=S) groups is 1. The zero-order valence-corrected chi connectivity index (χ0v) is 12.2. The van der Waals surface area contributed by atoms with E-state index in [9.17, 15) is 4.79 Å². The monoisotopic (exact) mass is 288 g/mol. The summed E-state index contributed by atoms with van der Waals surface area (Å²) in [6, 6.07) is 8.94. The second-order valence-corrected chi connectivity index (χ2v) is 4.79. The average Bonchev–Trinajstić information content (AvgIpc) is 2.80. The molecule has 0 spiro atoms. The van der Waals surface area contributed by atoms with E-state index in [2.05, 4.69) is 10.4 Å². The molecule has 1 aromatic heterocycles. The number of nitrogens with two attached hydrogens (primary N) is 1. The summed E-state index contributed by atoms with van der Waals surface area (Å²) in [4.78, 5) is 12.6. The minimum atomic E-state index is -0.226. The normalized spacial score (nSPS) is 10.3. The molecule has 1 heterocycles. The summed E-state index contributed by atoms with van der Waals surface area (Å²) in [6.45, 7) is 4.42. The third-order valence-corrected chi connectivity index (χ3v) is 3.09. The number of amides is 1. The number of carbonyl (C=O) groups is 1. The first-order valence-corrected chi connectivity index (χ1v) is 6.68. The molecule has 0 unspecified atom stereocenters. The molecular weight excluding hydrogens is 272 g/mol. The molecule has 0 fully saturated rings. The first-order chi connectivity index (χ1) is 9.52. The Hall–Kier alpha value is -2.21. The number of aryl methyl sites for hydroxylation is 2. The molecule has 5 nitrogen and oxygen atoms in total. The highest BCUT2D eigenvalue weighted by Gasteiger charge is 2.15. The van der Waals surface area contributed by atoms with Gasteiger partial charge in [0.05, 0.1) is 11.4 Å². The average molecular weight is 288 g/mol. The van der Waals surface area contributed by atoms with Gasteiger partial charge in [0.15, 0.2) is 0 Å². The Balaban J connectivity index is 2.30. The number of carbonyl (C=O) groups excluding carboxylic acids is 1. The second kappa shape index (κ2) is 5.83. The lowest BCUT2D eigenvalue weighted by Gasteiger charge is -2.10. The fraction of sp³-hybridized carbons (Fsp3) is 0.214. The lowest BCUT2D eigenvalue weighted by molar-refractivity contribution is 0.101. The SMILES string of the molecule is CCn1nc(C)cc1C(=O)Nc1ccccc1C(N)=S. The van der Waals surface area contributed by atoms with Crippen LogP contribution >= 0.6 is 12.2 Å². The van der Waals surface area contributed by atoms with Gasteiger partial charge in [0.25, 0.3) is 5.91 Å². The molecule has 0 aliphatic carbocycles. The van der Waals surface area contributed by atoms with E-state index < -0.39 is 0 Å². The van der Waals surface area contributed by atoms with Gasteiger partial charge in [-0.3, -0.25) is 9.48 Å². The van der Waals surface area contributed by atoms with Crippen LogP contribution in [0.3, 0.4) is 0 Å². The van der Waals surface area contributed by atoms with Crippen molar-refractivity contribution in [3.63, 3.8) is 0 Å². The molecule has 20 heavy (non-hydrogen) atoms. The van der Waals surface area contributed by atoms with Crippen molar-refractivity contribution in [2.24, 2.45) is 5.73 Å². The third-order valence-electron chi connectivity index (χ3n) is 2.88. The van der Waals surface area contributed by atoms with Gasteiger partial charge < -0.3 is 11.1 Å². The number of benzene rings is 1. The number of anilines is 1. The molecule has 0 atom stereocenters. The van der Waals surface area contributed by atoms with E-state index >= 15 is 0 Å². The Labute approximate surface area is 122 Å². The van der Waals surface area contributed by atoms with Gasteiger partial charge in [-0.2, -0.15) is 5.10 Å². The summed E-state index contributed by atoms with van der Waals surface area (Å²) in [7, 11) is 0. The molecule has 6 heteroatoms. The standard InChI is InChI=1S/C14H16N4OS/c1-3-18-12(8-9(2)17-18)14(19)16-11-7-5-4-6-10(11)13(15)20/h4-8H,3H2,1-2H3,(H2,15,20)(H,16,19). The summed E-state index contributed by atoms with van der Waals surface area (Å²) in [6.07, 6.45) is 0. The largest absolute Gasteiger partial charge is 0.389 e. The zero-order chi connectivity index (χ0) is 14.7. The van der Waals surface area contributed by atoms with Gasteiger partial charge in [-0.15, -0.1) is 0 Å². The smallest absolute Gasteiger partial charge is 0.273 e. The van der Waals surface area contributed by atoms with Crippen LogP contribution in [0.5, 0.6) is 0 Å². The number of rotatable bonds is 4. The van der Waals surface area contributed by atoms with Gasteiger partial charge in [0.2, 0.25) is 0 Å². The van der Waals surface area contributed by atoms with Crippen LogP contribution in [-0.4, -0.2) is 20.7 Å². The number of hydrogen-bond donors (Lipinski definition) is 2. The topological polar surface area (TPSA) is 72.9 Å². The van der Waals surface area contributed by atoms with Crippen molar-refractivity contribution in [3.8, 4) is 0 Å². The van der Waals surface area contributed by atoms with Gasteiger partial charge in [-0.05, 0) is 32.0 Å². The van der Waals surface area contributed by atoms with Crippen molar-refractivity contribution in [1.29, 1.82) is 0 Å². The van der Waals surface area contributed by atoms with Gasteiger partial charge in [0, 0.05) is 12.1 Å². The summed E-state index contributed by atoms with van der Waals surface area (Å²) < 4.78 is 1.66. The van der Waals surface area contributed by atoms with Crippen molar-refractivity contribution in [1.82, 2.24) is 9.78 Å². The number of nitrogens with zero attached hydrogens (tertiary/aromatic N) is 2. The highest BCUT2D eigenvalue weighted by Crippen LogP contribution is 2.16. The van der Waals surface area contributed by atoms with Gasteiger partial charge in [0.1, 0.15) is 10.7 Å². The summed E-state index contributed by atoms with van der Waals surface area (Å²) in [5.74, 6) is -0.226. The highest BCUT2D eigenvalue weighted by atomic mass is 32.1. The predicted octanol–water partition coefficient (Wildman–Crippen LogP) is 2.10. The maximum Gasteiger partial charge on any atom is 0.273 e. The van der Waals surface area contributed by atoms with E-state index in [1.165, 1.54) is 0 Å². The van der Waals surface area contributed by atoms with Crippen molar-refractivity contribution in [3.05, 3.63) is 47.3 Å². The Morgan fingerprint density at radius 3 is 2.80 bits per heavy atom. The second-order valence-electron chi connectivity index (χ2n) is 4.35. The molecule has 1 aromatic carbocycles. The van der Waals surface area contributed by atoms with Crippen molar-refractivity contribution in [2.45, 2.75) is 20.4 Å². The van der Waals surface area contributed by atoms with Crippen LogP contribution in [0, 0.1) is 6.92 Å². The maximum absolute atomic E-state index is 12.3. The third kappa shape index (κ3) is 2.85. The van der Waals surface area contributed by atoms with Crippen LogP contribution < -0.4 is 11.1 Å². The first kappa shape index (κ1) is 14.2. The van der Waals surface area contributed by atoms with Crippen molar-refractivity contribution in [2.75, 3.05) is 5.32 Å². The van der Waals surface area contributed by atoms with Crippen molar-refractivity contribution >= 4 is 28.8 Å². The highest BCUT2D eigenvalue weighted by molar-refractivity contribution is 7.80. The number of nitrogens with one attached hydrogen (secondary N) is 1. The molecule has 2 rings (SSSR count). The van der Waals surface area contributed by atoms with Gasteiger partial charge in [-0.1, -0.05) is 24.4 Å². The molecule has 3 N–H and O–H groups in total. The lowest BCUT2D eigenvalue weighted by Crippen LogP contribution is -2.20. The van der Waals surface area contributed by atoms with Crippen LogP contribution in [0.4, 0.5) is 5.69 Å². The van der Waals surface area contributed by atoms with E-state index in [0.717, 1.165) is 5.69 Å². The quantitative estimate of drug-likeness (QED) is 0.845. The van der Waals surface area contributed by atoms with E-state index in [-0.39, 0.29) is 10.9 Å². The Morgan fingerprint density at radius 2 is 2.15 bits per heavy atom. The molecule has 0 radical (unpaired) electrons. The predicted molar refractivity (Wildman–Crippen MR) is 82.9 cm³/mol. The zero-order valence-electron chi connectivity index (χ0n) is 11.4. The lowest BCUT2D eigenvalue weighted by atomic mass is 10.1. The fourth-order valence-corrected chi connectivity index (χ4v) is 2.14. The van der Waals surface area contributed by atoms with Crippen LogP contribution in [0.25, 0.3) is 0 Å². The minimum absolute atomic E-state index is 0.226. The summed E-state index contributed by atoms with van der Waals surface area (Å²) in [5, 5.41) is 7.08. The number of aromatic nitrogens is 2. The number of para-hydroxylation sites is 1. The molecule has 0 saturated heterocycles. The molecule has 0 aliphatic rings. The molecule has 1 amide bonds.